The molecule has 0 fully saturated rings. The fourth-order valence-corrected chi connectivity index (χ4v) is 2.93. The SMILES string of the molecule is CCc1c(Cl)c(/C=C(\C)C(C)=O)c(C)c2ccccc12. The Balaban J connectivity index is 2.85. The lowest BCUT2D eigenvalue weighted by Gasteiger charge is -2.15. The van der Waals surface area contributed by atoms with Gasteiger partial charge in [-0.15, -0.1) is 0 Å². The van der Waals surface area contributed by atoms with Crippen LogP contribution in [0.4, 0.5) is 0 Å². The van der Waals surface area contributed by atoms with E-state index in [1.165, 1.54) is 10.8 Å². The third-order valence-corrected chi connectivity index (χ3v) is 4.26. The van der Waals surface area contributed by atoms with E-state index in [0.717, 1.165) is 33.7 Å². The average molecular weight is 287 g/mol. The summed E-state index contributed by atoms with van der Waals surface area (Å²) in [6, 6.07) is 8.29. The second-order valence-electron chi connectivity index (χ2n) is 5.11. The van der Waals surface area contributed by atoms with Crippen molar-refractivity contribution < 1.29 is 4.79 Å². The van der Waals surface area contributed by atoms with Crippen LogP contribution in [-0.2, 0) is 11.2 Å². The van der Waals surface area contributed by atoms with E-state index < -0.39 is 0 Å². The molecule has 0 radical (unpaired) electrons. The van der Waals surface area contributed by atoms with Crippen LogP contribution in [0.25, 0.3) is 16.8 Å². The van der Waals surface area contributed by atoms with Gasteiger partial charge in [-0.2, -0.15) is 0 Å². The van der Waals surface area contributed by atoms with Crippen LogP contribution < -0.4 is 0 Å². The normalized spacial score (nSPS) is 11.9. The van der Waals surface area contributed by atoms with Crippen molar-refractivity contribution in [2.24, 2.45) is 0 Å². The van der Waals surface area contributed by atoms with Gasteiger partial charge in [0.25, 0.3) is 0 Å². The minimum atomic E-state index is 0.0756. The summed E-state index contributed by atoms with van der Waals surface area (Å²) in [5.41, 5.74) is 3.97. The molecule has 0 saturated heterocycles. The summed E-state index contributed by atoms with van der Waals surface area (Å²) in [5.74, 6) is 0.0756. The van der Waals surface area contributed by atoms with Crippen LogP contribution in [0, 0.1) is 6.92 Å². The van der Waals surface area contributed by atoms with Crippen molar-refractivity contribution in [2.75, 3.05) is 0 Å². The molecule has 2 aromatic rings. The van der Waals surface area contributed by atoms with Crippen molar-refractivity contribution in [3.8, 4) is 0 Å². The molecule has 0 aliphatic heterocycles. The fourth-order valence-electron chi connectivity index (χ4n) is 2.50. The van der Waals surface area contributed by atoms with E-state index in [-0.39, 0.29) is 5.78 Å². The molecule has 0 saturated carbocycles. The van der Waals surface area contributed by atoms with Gasteiger partial charge in [0, 0.05) is 0 Å². The van der Waals surface area contributed by atoms with Crippen molar-refractivity contribution in [1.82, 2.24) is 0 Å². The highest BCUT2D eigenvalue weighted by Crippen LogP contribution is 2.35. The van der Waals surface area contributed by atoms with Gasteiger partial charge < -0.3 is 0 Å². The van der Waals surface area contributed by atoms with Gasteiger partial charge in [-0.1, -0.05) is 42.8 Å². The number of halogens is 1. The van der Waals surface area contributed by atoms with Crippen LogP contribution >= 0.6 is 11.6 Å². The first kappa shape index (κ1) is 14.8. The Bertz CT molecular complexity index is 711. The third-order valence-electron chi connectivity index (χ3n) is 3.83. The summed E-state index contributed by atoms with van der Waals surface area (Å²) in [5, 5.41) is 3.18. The third kappa shape index (κ3) is 2.51. The van der Waals surface area contributed by atoms with E-state index in [0.29, 0.717) is 0 Å². The van der Waals surface area contributed by atoms with Gasteiger partial charge in [0.1, 0.15) is 0 Å². The maximum atomic E-state index is 11.5. The van der Waals surface area contributed by atoms with Crippen molar-refractivity contribution in [3.05, 3.63) is 51.6 Å². The summed E-state index contributed by atoms with van der Waals surface area (Å²) in [7, 11) is 0. The second-order valence-corrected chi connectivity index (χ2v) is 5.49. The Kier molecular flexibility index (Phi) is 4.29. The highest BCUT2D eigenvalue weighted by atomic mass is 35.5. The maximum Gasteiger partial charge on any atom is 0.155 e. The summed E-state index contributed by atoms with van der Waals surface area (Å²) < 4.78 is 0. The number of aryl methyl sites for hydroxylation is 2. The molecule has 1 nitrogen and oxygen atoms in total. The molecule has 0 aromatic heterocycles. The molecule has 2 heteroatoms. The van der Waals surface area contributed by atoms with Crippen LogP contribution in [0.1, 0.15) is 37.5 Å². The molecule has 2 rings (SSSR count). The van der Waals surface area contributed by atoms with Gasteiger partial charge in [-0.3, -0.25) is 4.79 Å². The lowest BCUT2D eigenvalue weighted by molar-refractivity contribution is -0.113. The van der Waals surface area contributed by atoms with E-state index in [4.69, 9.17) is 11.6 Å². The lowest BCUT2D eigenvalue weighted by Crippen LogP contribution is -1.97. The van der Waals surface area contributed by atoms with E-state index in [1.54, 1.807) is 6.92 Å². The molecule has 0 atom stereocenters. The number of hydrogen-bond donors (Lipinski definition) is 0. The zero-order valence-corrected chi connectivity index (χ0v) is 13.1. The molecule has 2 aromatic carbocycles. The predicted octanol–water partition coefficient (Wildman–Crippen LogP) is 5.36. The van der Waals surface area contributed by atoms with E-state index in [2.05, 4.69) is 26.0 Å². The molecule has 0 amide bonds. The van der Waals surface area contributed by atoms with Gasteiger partial charge in [-0.25, -0.2) is 0 Å². The minimum Gasteiger partial charge on any atom is -0.295 e. The van der Waals surface area contributed by atoms with Crippen LogP contribution in [0.2, 0.25) is 5.02 Å². The predicted molar refractivity (Wildman–Crippen MR) is 87.4 cm³/mol. The smallest absolute Gasteiger partial charge is 0.155 e. The Morgan fingerprint density at radius 3 is 2.35 bits per heavy atom. The Labute approximate surface area is 125 Å². The first-order valence-electron chi connectivity index (χ1n) is 6.86. The van der Waals surface area contributed by atoms with Crippen molar-refractivity contribution in [2.45, 2.75) is 34.1 Å². The molecular formula is C18H19ClO. The molecule has 20 heavy (non-hydrogen) atoms. The van der Waals surface area contributed by atoms with Gasteiger partial charge in [0.15, 0.2) is 5.78 Å². The van der Waals surface area contributed by atoms with Crippen LogP contribution in [0.5, 0.6) is 0 Å². The Morgan fingerprint density at radius 2 is 1.80 bits per heavy atom. The van der Waals surface area contributed by atoms with Gasteiger partial charge in [-0.05, 0) is 66.3 Å². The number of fused-ring (bicyclic) bond motifs is 1. The molecular weight excluding hydrogens is 268 g/mol. The van der Waals surface area contributed by atoms with Crippen LogP contribution in [0.15, 0.2) is 29.8 Å². The molecule has 0 bridgehead atoms. The second kappa shape index (κ2) is 5.80. The molecule has 0 aliphatic rings. The largest absolute Gasteiger partial charge is 0.295 e. The summed E-state index contributed by atoms with van der Waals surface area (Å²) in [4.78, 5) is 11.5. The zero-order chi connectivity index (χ0) is 14.9. The van der Waals surface area contributed by atoms with E-state index in [1.807, 2.05) is 25.1 Å². The number of carbonyl (C=O) groups is 1. The van der Waals surface area contributed by atoms with Crippen LogP contribution in [-0.4, -0.2) is 5.78 Å². The van der Waals surface area contributed by atoms with Crippen LogP contribution in [0.3, 0.4) is 0 Å². The maximum absolute atomic E-state index is 11.5. The number of ketones is 1. The topological polar surface area (TPSA) is 17.1 Å². The van der Waals surface area contributed by atoms with Crippen molar-refractivity contribution in [1.29, 1.82) is 0 Å². The molecule has 0 heterocycles. The summed E-state index contributed by atoms with van der Waals surface area (Å²) in [6.45, 7) is 7.58. The molecule has 0 unspecified atom stereocenters. The number of allylic oxidation sites excluding steroid dienone is 1. The first-order chi connectivity index (χ1) is 9.47. The molecule has 104 valence electrons. The molecule has 0 spiro atoms. The average Bonchev–Trinajstić information content (AvgIpc) is 2.43. The van der Waals surface area contributed by atoms with Gasteiger partial charge in [0.05, 0.1) is 5.02 Å². The first-order valence-corrected chi connectivity index (χ1v) is 7.24. The standard InChI is InChI=1S/C18H19ClO/c1-5-14-16-9-7-6-8-15(16)12(3)17(18(14)19)10-11(2)13(4)20/h6-10H,5H2,1-4H3/b11-10+. The lowest BCUT2D eigenvalue weighted by atomic mass is 9.93. The van der Waals surface area contributed by atoms with E-state index >= 15 is 0 Å². The number of rotatable bonds is 3. The number of Topliss-reactive ketones (excluding diaryl/α,β-unsaturated/α-hetero) is 1. The summed E-state index contributed by atoms with van der Waals surface area (Å²) in [6.07, 6.45) is 2.78. The Hall–Kier alpha value is -1.60. The number of carbonyl (C=O) groups excluding carboxylic acids is 1. The molecule has 0 N–H and O–H groups in total. The zero-order valence-electron chi connectivity index (χ0n) is 12.4. The van der Waals surface area contributed by atoms with Crippen molar-refractivity contribution in [3.63, 3.8) is 0 Å². The quantitative estimate of drug-likeness (QED) is 0.695. The number of hydrogen-bond acceptors (Lipinski definition) is 1. The minimum absolute atomic E-state index is 0.0756. The Morgan fingerprint density at radius 1 is 1.20 bits per heavy atom. The summed E-state index contributed by atoms with van der Waals surface area (Å²) >= 11 is 6.59. The number of benzene rings is 2. The van der Waals surface area contributed by atoms with Gasteiger partial charge >= 0.3 is 0 Å². The van der Waals surface area contributed by atoms with Gasteiger partial charge in [0.2, 0.25) is 0 Å². The van der Waals surface area contributed by atoms with E-state index in [9.17, 15) is 4.79 Å². The monoisotopic (exact) mass is 286 g/mol. The molecule has 0 aliphatic carbocycles. The highest BCUT2D eigenvalue weighted by molar-refractivity contribution is 6.34. The fraction of sp³-hybridized carbons (Fsp3) is 0.278. The highest BCUT2D eigenvalue weighted by Gasteiger charge is 2.13. The van der Waals surface area contributed by atoms with Crippen molar-refractivity contribution >= 4 is 34.2 Å².